The maximum atomic E-state index is 13.3. The van der Waals surface area contributed by atoms with Gasteiger partial charge in [0.05, 0.1) is 0 Å². The van der Waals surface area contributed by atoms with E-state index in [4.69, 9.17) is 4.74 Å². The standard InChI is InChI=1S/C22H32O4/c1-13(23)26-14-7-10-22(4)19-15(8-9-20(22,2)11-14)16-5-6-18(25)21(16,3)12-17(19)24/h14-16,19H,5-12H2,1-4H3/t14-,15+,16+,19-,20+,21-,22+/m1/s1. The molecule has 4 heteroatoms. The van der Waals surface area contributed by atoms with Crippen molar-refractivity contribution < 1.29 is 19.1 Å². The van der Waals surface area contributed by atoms with Crippen LogP contribution in [0, 0.1) is 34.0 Å². The molecule has 7 atom stereocenters. The summed E-state index contributed by atoms with van der Waals surface area (Å²) in [7, 11) is 0. The van der Waals surface area contributed by atoms with Gasteiger partial charge in [0, 0.05) is 31.1 Å². The molecule has 0 bridgehead atoms. The van der Waals surface area contributed by atoms with Crippen molar-refractivity contribution in [3.05, 3.63) is 0 Å². The van der Waals surface area contributed by atoms with Crippen molar-refractivity contribution >= 4 is 17.5 Å². The summed E-state index contributed by atoms with van der Waals surface area (Å²) in [5.74, 6) is 1.24. The molecule has 0 aromatic heterocycles. The Balaban J connectivity index is 1.66. The van der Waals surface area contributed by atoms with Crippen LogP contribution < -0.4 is 0 Å². The molecular formula is C22H32O4. The summed E-state index contributed by atoms with van der Waals surface area (Å²) in [6.07, 6.45) is 6.79. The number of esters is 1. The molecule has 0 spiro atoms. The molecule has 4 nitrogen and oxygen atoms in total. The summed E-state index contributed by atoms with van der Waals surface area (Å²) in [4.78, 5) is 37.3. The molecule has 4 aliphatic rings. The van der Waals surface area contributed by atoms with Gasteiger partial charge >= 0.3 is 5.97 Å². The molecule has 0 unspecified atom stereocenters. The molecular weight excluding hydrogens is 328 g/mol. The van der Waals surface area contributed by atoms with Crippen molar-refractivity contribution in [2.45, 2.75) is 85.2 Å². The normalized spacial score (nSPS) is 50.6. The smallest absolute Gasteiger partial charge is 0.302 e. The number of hydrogen-bond acceptors (Lipinski definition) is 4. The molecule has 4 fully saturated rings. The highest BCUT2D eigenvalue weighted by Gasteiger charge is 2.66. The van der Waals surface area contributed by atoms with Gasteiger partial charge in [0.1, 0.15) is 17.7 Å². The minimum Gasteiger partial charge on any atom is -0.463 e. The number of rotatable bonds is 1. The Morgan fingerprint density at radius 3 is 2.50 bits per heavy atom. The van der Waals surface area contributed by atoms with Gasteiger partial charge in [-0.2, -0.15) is 0 Å². The fourth-order valence-corrected chi connectivity index (χ4v) is 7.49. The van der Waals surface area contributed by atoms with Crippen molar-refractivity contribution in [3.63, 3.8) is 0 Å². The lowest BCUT2D eigenvalue weighted by molar-refractivity contribution is -0.186. The number of hydrogen-bond donors (Lipinski definition) is 0. The van der Waals surface area contributed by atoms with E-state index in [1.807, 2.05) is 0 Å². The second-order valence-electron chi connectivity index (χ2n) is 10.3. The molecule has 144 valence electrons. The van der Waals surface area contributed by atoms with E-state index >= 15 is 0 Å². The van der Waals surface area contributed by atoms with Gasteiger partial charge in [0.15, 0.2) is 0 Å². The summed E-state index contributed by atoms with van der Waals surface area (Å²) in [6.45, 7) is 8.15. The summed E-state index contributed by atoms with van der Waals surface area (Å²) >= 11 is 0. The van der Waals surface area contributed by atoms with Gasteiger partial charge in [0.2, 0.25) is 0 Å². The number of fused-ring (bicyclic) bond motifs is 5. The number of ether oxygens (including phenoxy) is 1. The van der Waals surface area contributed by atoms with Crippen molar-refractivity contribution in [3.8, 4) is 0 Å². The fourth-order valence-electron chi connectivity index (χ4n) is 7.49. The van der Waals surface area contributed by atoms with Crippen LogP contribution in [0.2, 0.25) is 0 Å². The predicted molar refractivity (Wildman–Crippen MR) is 97.3 cm³/mol. The molecule has 0 aromatic rings. The van der Waals surface area contributed by atoms with Gasteiger partial charge < -0.3 is 4.74 Å². The molecule has 0 radical (unpaired) electrons. The highest BCUT2D eigenvalue weighted by Crippen LogP contribution is 2.68. The Morgan fingerprint density at radius 2 is 1.81 bits per heavy atom. The van der Waals surface area contributed by atoms with Crippen LogP contribution in [0.1, 0.15) is 79.1 Å². The average molecular weight is 360 g/mol. The van der Waals surface area contributed by atoms with Gasteiger partial charge in [-0.05, 0) is 61.2 Å². The quantitative estimate of drug-likeness (QED) is 0.661. The third-order valence-corrected chi connectivity index (χ3v) is 9.06. The third kappa shape index (κ3) is 2.29. The van der Waals surface area contributed by atoms with Gasteiger partial charge in [-0.15, -0.1) is 0 Å². The predicted octanol–water partition coefficient (Wildman–Crippen LogP) is 4.10. The van der Waals surface area contributed by atoms with E-state index in [2.05, 4.69) is 20.8 Å². The first kappa shape index (κ1) is 18.2. The second-order valence-corrected chi connectivity index (χ2v) is 10.3. The van der Waals surface area contributed by atoms with Crippen LogP contribution in [-0.4, -0.2) is 23.6 Å². The second kappa shape index (κ2) is 5.65. The van der Waals surface area contributed by atoms with Gasteiger partial charge in [-0.25, -0.2) is 0 Å². The minimum atomic E-state index is -0.405. The van der Waals surface area contributed by atoms with Crippen LogP contribution in [0.3, 0.4) is 0 Å². The van der Waals surface area contributed by atoms with E-state index in [0.29, 0.717) is 36.2 Å². The van der Waals surface area contributed by atoms with E-state index in [0.717, 1.165) is 38.5 Å². The fraction of sp³-hybridized carbons (Fsp3) is 0.864. The Morgan fingerprint density at radius 1 is 1.08 bits per heavy atom. The summed E-state index contributed by atoms with van der Waals surface area (Å²) in [5.41, 5.74) is -0.424. The zero-order valence-corrected chi connectivity index (χ0v) is 16.6. The topological polar surface area (TPSA) is 60.4 Å². The van der Waals surface area contributed by atoms with Crippen LogP contribution >= 0.6 is 0 Å². The molecule has 0 saturated heterocycles. The number of carbonyl (C=O) groups excluding carboxylic acids is 3. The van der Waals surface area contributed by atoms with Crippen molar-refractivity contribution in [2.24, 2.45) is 34.0 Å². The van der Waals surface area contributed by atoms with Crippen LogP contribution in [0.5, 0.6) is 0 Å². The van der Waals surface area contributed by atoms with Crippen molar-refractivity contribution in [1.29, 1.82) is 0 Å². The largest absolute Gasteiger partial charge is 0.463 e. The zero-order chi connectivity index (χ0) is 18.9. The summed E-state index contributed by atoms with van der Waals surface area (Å²) in [6, 6.07) is 0. The number of Topliss-reactive ketones (excluding diaryl/α,β-unsaturated/α-hetero) is 2. The molecule has 0 aromatic carbocycles. The maximum absolute atomic E-state index is 13.3. The summed E-state index contributed by atoms with van der Waals surface area (Å²) < 4.78 is 5.54. The molecule has 4 aliphatic carbocycles. The minimum absolute atomic E-state index is 0.0147. The first-order chi connectivity index (χ1) is 12.1. The molecule has 4 saturated carbocycles. The number of ketones is 2. The van der Waals surface area contributed by atoms with Crippen molar-refractivity contribution in [2.75, 3.05) is 0 Å². The lowest BCUT2D eigenvalue weighted by atomic mass is 9.40. The van der Waals surface area contributed by atoms with Crippen LogP contribution in [0.4, 0.5) is 0 Å². The first-order valence-electron chi connectivity index (χ1n) is 10.3. The van der Waals surface area contributed by atoms with E-state index in [1.165, 1.54) is 6.92 Å². The SMILES string of the molecule is CC(=O)O[C@@H]1CC[C@@]2(C)[C@H]3C(=O)C[C@@]4(C)C(=O)CC[C@H]4[C@@H]3CC[C@@]2(C)C1. The lowest BCUT2D eigenvalue weighted by Gasteiger charge is -2.63. The van der Waals surface area contributed by atoms with Crippen molar-refractivity contribution in [1.82, 2.24) is 0 Å². The van der Waals surface area contributed by atoms with Crippen LogP contribution in [0.25, 0.3) is 0 Å². The van der Waals surface area contributed by atoms with Gasteiger partial charge in [-0.3, -0.25) is 14.4 Å². The highest BCUT2D eigenvalue weighted by atomic mass is 16.5. The Bertz CT molecular complexity index is 669. The highest BCUT2D eigenvalue weighted by molar-refractivity contribution is 5.95. The number of carbonyl (C=O) groups is 3. The Labute approximate surface area is 156 Å². The first-order valence-corrected chi connectivity index (χ1v) is 10.3. The van der Waals surface area contributed by atoms with E-state index in [-0.39, 0.29) is 28.8 Å². The van der Waals surface area contributed by atoms with Gasteiger partial charge in [-0.1, -0.05) is 20.8 Å². The molecule has 4 rings (SSSR count). The molecule has 0 amide bonds. The average Bonchev–Trinajstić information content (AvgIpc) is 2.82. The van der Waals surface area contributed by atoms with E-state index < -0.39 is 5.41 Å². The van der Waals surface area contributed by atoms with Crippen LogP contribution in [0.15, 0.2) is 0 Å². The van der Waals surface area contributed by atoms with Gasteiger partial charge in [0.25, 0.3) is 0 Å². The Kier molecular flexibility index (Phi) is 3.95. The van der Waals surface area contributed by atoms with E-state index in [1.54, 1.807) is 0 Å². The molecule has 0 N–H and O–H groups in total. The maximum Gasteiger partial charge on any atom is 0.302 e. The summed E-state index contributed by atoms with van der Waals surface area (Å²) in [5, 5.41) is 0. The molecule has 26 heavy (non-hydrogen) atoms. The van der Waals surface area contributed by atoms with E-state index in [9.17, 15) is 14.4 Å². The Hall–Kier alpha value is -1.19. The van der Waals surface area contributed by atoms with Crippen LogP contribution in [-0.2, 0) is 19.1 Å². The zero-order valence-electron chi connectivity index (χ0n) is 16.6. The molecule has 0 aliphatic heterocycles. The lowest BCUT2D eigenvalue weighted by Crippen LogP contribution is -2.61. The third-order valence-electron chi connectivity index (χ3n) is 9.06. The molecule has 0 heterocycles. The monoisotopic (exact) mass is 360 g/mol.